The lowest BCUT2D eigenvalue weighted by Crippen LogP contribution is -1.93. The van der Waals surface area contributed by atoms with E-state index in [2.05, 4.69) is 15.0 Å². The second kappa shape index (κ2) is 5.13. The predicted molar refractivity (Wildman–Crippen MR) is 70.6 cm³/mol. The molecule has 0 unspecified atom stereocenters. The maximum atomic E-state index is 13.7. The van der Waals surface area contributed by atoms with Crippen molar-refractivity contribution in [2.24, 2.45) is 0 Å². The predicted octanol–water partition coefficient (Wildman–Crippen LogP) is 3.48. The van der Waals surface area contributed by atoms with Crippen LogP contribution in [-0.2, 0) is 0 Å². The van der Waals surface area contributed by atoms with Gasteiger partial charge in [0.05, 0.1) is 22.5 Å². The van der Waals surface area contributed by atoms with Crippen LogP contribution < -0.4 is 0 Å². The van der Waals surface area contributed by atoms with Crippen LogP contribution in [0.3, 0.4) is 0 Å². The Bertz CT molecular complexity index is 699. The SMILES string of the molecule is Fc1ccncc1-c1cccc(-c2cnccc2F)n1. The number of hydrogen-bond donors (Lipinski definition) is 0. The molecule has 3 aromatic rings. The van der Waals surface area contributed by atoms with Gasteiger partial charge in [-0.3, -0.25) is 9.97 Å². The third-order valence-corrected chi connectivity index (χ3v) is 2.84. The molecule has 98 valence electrons. The topological polar surface area (TPSA) is 38.7 Å². The Morgan fingerprint density at radius 1 is 0.700 bits per heavy atom. The van der Waals surface area contributed by atoms with E-state index in [-0.39, 0.29) is 11.1 Å². The van der Waals surface area contributed by atoms with E-state index >= 15 is 0 Å². The van der Waals surface area contributed by atoms with Gasteiger partial charge in [0.25, 0.3) is 0 Å². The summed E-state index contributed by atoms with van der Waals surface area (Å²) in [4.78, 5) is 12.0. The molecule has 3 nitrogen and oxygen atoms in total. The lowest BCUT2D eigenvalue weighted by molar-refractivity contribution is 0.628. The van der Waals surface area contributed by atoms with E-state index in [9.17, 15) is 8.78 Å². The number of hydrogen-bond acceptors (Lipinski definition) is 3. The Labute approximate surface area is 114 Å². The Hall–Kier alpha value is -2.69. The van der Waals surface area contributed by atoms with Crippen LogP contribution in [-0.4, -0.2) is 15.0 Å². The molecule has 20 heavy (non-hydrogen) atoms. The van der Waals surface area contributed by atoms with Gasteiger partial charge in [-0.2, -0.15) is 0 Å². The number of rotatable bonds is 2. The van der Waals surface area contributed by atoms with Crippen LogP contribution in [0.2, 0.25) is 0 Å². The minimum Gasteiger partial charge on any atom is -0.264 e. The number of halogens is 2. The summed E-state index contributed by atoms with van der Waals surface area (Å²) in [6, 6.07) is 7.51. The zero-order chi connectivity index (χ0) is 13.9. The third-order valence-electron chi connectivity index (χ3n) is 2.84. The van der Waals surface area contributed by atoms with E-state index in [0.29, 0.717) is 11.4 Å². The molecule has 3 aromatic heterocycles. The summed E-state index contributed by atoms with van der Waals surface area (Å²) in [7, 11) is 0. The Kier molecular flexibility index (Phi) is 3.16. The monoisotopic (exact) mass is 269 g/mol. The van der Waals surface area contributed by atoms with Crippen molar-refractivity contribution in [3.63, 3.8) is 0 Å². The molecule has 0 aliphatic rings. The second-order valence-corrected chi connectivity index (χ2v) is 4.12. The summed E-state index contributed by atoms with van der Waals surface area (Å²) >= 11 is 0. The van der Waals surface area contributed by atoms with Crippen LogP contribution in [0.5, 0.6) is 0 Å². The van der Waals surface area contributed by atoms with Crippen molar-refractivity contribution in [1.29, 1.82) is 0 Å². The first-order chi connectivity index (χ1) is 9.75. The van der Waals surface area contributed by atoms with Gasteiger partial charge in [-0.15, -0.1) is 0 Å². The molecule has 0 radical (unpaired) electrons. The molecule has 0 atom stereocenters. The lowest BCUT2D eigenvalue weighted by atomic mass is 10.1. The van der Waals surface area contributed by atoms with Gasteiger partial charge in [-0.05, 0) is 24.3 Å². The van der Waals surface area contributed by atoms with Crippen molar-refractivity contribution >= 4 is 0 Å². The van der Waals surface area contributed by atoms with Crippen LogP contribution in [0.1, 0.15) is 0 Å². The van der Waals surface area contributed by atoms with Gasteiger partial charge in [0.2, 0.25) is 0 Å². The molecular formula is C15H9F2N3. The number of pyridine rings is 3. The van der Waals surface area contributed by atoms with Crippen LogP contribution in [0, 0.1) is 11.6 Å². The van der Waals surface area contributed by atoms with Crippen LogP contribution in [0.15, 0.2) is 55.1 Å². The zero-order valence-corrected chi connectivity index (χ0v) is 10.3. The zero-order valence-electron chi connectivity index (χ0n) is 10.3. The Morgan fingerprint density at radius 3 is 1.65 bits per heavy atom. The second-order valence-electron chi connectivity index (χ2n) is 4.12. The fourth-order valence-corrected chi connectivity index (χ4v) is 1.87. The molecular weight excluding hydrogens is 260 g/mol. The summed E-state index contributed by atoms with van der Waals surface area (Å²) in [5.41, 5.74) is 1.35. The first-order valence-corrected chi connectivity index (χ1v) is 5.92. The molecule has 0 aliphatic heterocycles. The largest absolute Gasteiger partial charge is 0.264 e. The van der Waals surface area contributed by atoms with Gasteiger partial charge in [-0.25, -0.2) is 13.8 Å². The maximum absolute atomic E-state index is 13.7. The van der Waals surface area contributed by atoms with E-state index in [4.69, 9.17) is 0 Å². The summed E-state index contributed by atoms with van der Waals surface area (Å²) in [5, 5.41) is 0. The average Bonchev–Trinajstić information content (AvgIpc) is 2.48. The summed E-state index contributed by atoms with van der Waals surface area (Å²) in [6.45, 7) is 0. The maximum Gasteiger partial charge on any atom is 0.135 e. The number of aromatic nitrogens is 3. The lowest BCUT2D eigenvalue weighted by Gasteiger charge is -2.06. The fourth-order valence-electron chi connectivity index (χ4n) is 1.87. The molecule has 0 fully saturated rings. The van der Waals surface area contributed by atoms with Crippen molar-refractivity contribution in [2.45, 2.75) is 0 Å². The highest BCUT2D eigenvalue weighted by atomic mass is 19.1. The van der Waals surface area contributed by atoms with Crippen molar-refractivity contribution in [3.05, 3.63) is 66.8 Å². The molecule has 0 N–H and O–H groups in total. The van der Waals surface area contributed by atoms with Gasteiger partial charge in [0.1, 0.15) is 11.6 Å². The van der Waals surface area contributed by atoms with E-state index in [0.717, 1.165) is 0 Å². The van der Waals surface area contributed by atoms with Crippen molar-refractivity contribution in [3.8, 4) is 22.5 Å². The standard InChI is InChI=1S/C15H9F2N3/c16-12-4-6-18-8-10(12)14-2-1-3-15(20-14)11-9-19-7-5-13(11)17/h1-9H. The molecule has 0 amide bonds. The van der Waals surface area contributed by atoms with E-state index < -0.39 is 11.6 Å². The normalized spacial score (nSPS) is 10.5. The Morgan fingerprint density at radius 2 is 1.20 bits per heavy atom. The summed E-state index contributed by atoms with van der Waals surface area (Å²) in [6.07, 6.45) is 5.51. The van der Waals surface area contributed by atoms with Crippen molar-refractivity contribution in [1.82, 2.24) is 15.0 Å². The van der Waals surface area contributed by atoms with Gasteiger partial charge in [-0.1, -0.05) is 6.07 Å². The quantitative estimate of drug-likeness (QED) is 0.715. The molecule has 0 bridgehead atoms. The molecule has 3 heterocycles. The molecule has 0 saturated carbocycles. The minimum atomic E-state index is -0.420. The molecule has 3 rings (SSSR count). The number of nitrogens with zero attached hydrogens (tertiary/aromatic N) is 3. The molecule has 0 saturated heterocycles. The highest BCUT2D eigenvalue weighted by molar-refractivity contribution is 5.65. The van der Waals surface area contributed by atoms with Gasteiger partial charge in [0.15, 0.2) is 0 Å². The first-order valence-electron chi connectivity index (χ1n) is 5.92. The summed E-state index contributed by atoms with van der Waals surface area (Å²) < 4.78 is 27.4. The van der Waals surface area contributed by atoms with E-state index in [1.807, 2.05) is 0 Å². The first kappa shape index (κ1) is 12.3. The van der Waals surface area contributed by atoms with Crippen molar-refractivity contribution < 1.29 is 8.78 Å². The van der Waals surface area contributed by atoms with Gasteiger partial charge < -0.3 is 0 Å². The Balaban J connectivity index is 2.12. The van der Waals surface area contributed by atoms with Gasteiger partial charge in [0, 0.05) is 24.8 Å². The van der Waals surface area contributed by atoms with Crippen LogP contribution in [0.4, 0.5) is 8.78 Å². The molecule has 0 aliphatic carbocycles. The highest BCUT2D eigenvalue weighted by Gasteiger charge is 2.10. The fraction of sp³-hybridized carbons (Fsp3) is 0. The average molecular weight is 269 g/mol. The van der Waals surface area contributed by atoms with Crippen molar-refractivity contribution in [2.75, 3.05) is 0 Å². The third kappa shape index (κ3) is 2.25. The van der Waals surface area contributed by atoms with Crippen LogP contribution in [0.25, 0.3) is 22.5 Å². The summed E-state index contributed by atoms with van der Waals surface area (Å²) in [5.74, 6) is -0.840. The van der Waals surface area contributed by atoms with Gasteiger partial charge >= 0.3 is 0 Å². The highest BCUT2D eigenvalue weighted by Crippen LogP contribution is 2.24. The van der Waals surface area contributed by atoms with Crippen LogP contribution >= 0.6 is 0 Å². The smallest absolute Gasteiger partial charge is 0.135 e. The molecule has 5 heteroatoms. The molecule has 0 aromatic carbocycles. The van der Waals surface area contributed by atoms with E-state index in [1.54, 1.807) is 18.2 Å². The minimum absolute atomic E-state index is 0.277. The van der Waals surface area contributed by atoms with E-state index in [1.165, 1.54) is 36.9 Å². The molecule has 0 spiro atoms.